The van der Waals surface area contributed by atoms with Crippen molar-refractivity contribution < 1.29 is 14.0 Å². The van der Waals surface area contributed by atoms with Crippen molar-refractivity contribution in [2.45, 2.75) is 19.8 Å². The van der Waals surface area contributed by atoms with Gasteiger partial charge in [-0.15, -0.1) is 5.10 Å². The zero-order valence-corrected chi connectivity index (χ0v) is 10.2. The monoisotopic (exact) mass is 247 g/mol. The van der Waals surface area contributed by atoms with Crippen LogP contribution in [0.25, 0.3) is 11.1 Å². The van der Waals surface area contributed by atoms with Gasteiger partial charge in [0, 0.05) is 11.6 Å². The fraction of sp³-hybridized carbons (Fsp3) is 0.286. The standard InChI is InChI=1S/C14H16N2O2/c1-9(2)12-5-4-10(6-13(12)17)11-7-14(18-3)16-15-8-11/h4-9,17H,1-3H3/i3D3. The summed E-state index contributed by atoms with van der Waals surface area (Å²) in [4.78, 5) is 0. The first-order valence-electron chi connectivity index (χ1n) is 7.11. The Morgan fingerprint density at radius 3 is 2.78 bits per heavy atom. The number of hydrogen-bond acceptors (Lipinski definition) is 4. The predicted molar refractivity (Wildman–Crippen MR) is 69.8 cm³/mol. The molecule has 0 atom stereocenters. The van der Waals surface area contributed by atoms with E-state index in [1.807, 2.05) is 26.0 Å². The second-order valence-corrected chi connectivity index (χ2v) is 4.31. The molecule has 0 radical (unpaired) electrons. The van der Waals surface area contributed by atoms with E-state index in [-0.39, 0.29) is 17.5 Å². The summed E-state index contributed by atoms with van der Waals surface area (Å²) in [6.07, 6.45) is 1.48. The van der Waals surface area contributed by atoms with E-state index >= 15 is 0 Å². The Bertz CT molecular complexity index is 642. The highest BCUT2D eigenvalue weighted by atomic mass is 16.5. The summed E-state index contributed by atoms with van der Waals surface area (Å²) < 4.78 is 25.9. The number of nitrogens with zero attached hydrogens (tertiary/aromatic N) is 2. The molecule has 18 heavy (non-hydrogen) atoms. The molecule has 1 heterocycles. The molecule has 94 valence electrons. The van der Waals surface area contributed by atoms with E-state index < -0.39 is 7.04 Å². The van der Waals surface area contributed by atoms with Crippen LogP contribution in [-0.2, 0) is 0 Å². The van der Waals surface area contributed by atoms with Gasteiger partial charge >= 0.3 is 0 Å². The Labute approximate surface area is 110 Å². The summed E-state index contributed by atoms with van der Waals surface area (Å²) in [5.41, 5.74) is 2.18. The SMILES string of the molecule is [2H]C([2H])([2H])Oc1cc(-c2ccc(C(C)C)c(O)c2)cnn1. The minimum absolute atomic E-state index is 0.0834. The van der Waals surface area contributed by atoms with E-state index in [0.717, 1.165) is 5.56 Å². The van der Waals surface area contributed by atoms with Crippen molar-refractivity contribution >= 4 is 0 Å². The van der Waals surface area contributed by atoms with Gasteiger partial charge in [0.2, 0.25) is 5.88 Å². The Morgan fingerprint density at radius 2 is 2.11 bits per heavy atom. The van der Waals surface area contributed by atoms with E-state index in [0.29, 0.717) is 11.1 Å². The fourth-order valence-corrected chi connectivity index (χ4v) is 1.77. The van der Waals surface area contributed by atoms with Gasteiger partial charge in [0.05, 0.1) is 17.3 Å². The number of phenolic OH excluding ortho intramolecular Hbond substituents is 1. The third-order valence-corrected chi connectivity index (χ3v) is 2.72. The van der Waals surface area contributed by atoms with Crippen LogP contribution in [0.15, 0.2) is 30.5 Å². The van der Waals surface area contributed by atoms with Crippen molar-refractivity contribution in [1.29, 1.82) is 0 Å². The van der Waals surface area contributed by atoms with Crippen LogP contribution in [-0.4, -0.2) is 22.3 Å². The highest BCUT2D eigenvalue weighted by molar-refractivity contribution is 5.66. The molecule has 0 spiro atoms. The average Bonchev–Trinajstić information content (AvgIpc) is 2.36. The summed E-state index contributed by atoms with van der Waals surface area (Å²) >= 11 is 0. The summed E-state index contributed by atoms with van der Waals surface area (Å²) in [5.74, 6) is 0.321. The molecule has 0 saturated carbocycles. The lowest BCUT2D eigenvalue weighted by molar-refractivity contribution is 0.392. The van der Waals surface area contributed by atoms with Crippen LogP contribution in [0.1, 0.15) is 29.4 Å². The van der Waals surface area contributed by atoms with Crippen molar-refractivity contribution in [2.75, 3.05) is 7.04 Å². The van der Waals surface area contributed by atoms with Gasteiger partial charge in [-0.05, 0) is 23.1 Å². The first-order chi connectivity index (χ1) is 9.76. The number of hydrogen-bond donors (Lipinski definition) is 1. The predicted octanol–water partition coefficient (Wildman–Crippen LogP) is 2.98. The van der Waals surface area contributed by atoms with E-state index in [2.05, 4.69) is 10.2 Å². The maximum Gasteiger partial charge on any atom is 0.233 e. The van der Waals surface area contributed by atoms with Crippen molar-refractivity contribution in [2.24, 2.45) is 0 Å². The molecule has 2 aromatic rings. The smallest absolute Gasteiger partial charge is 0.233 e. The largest absolute Gasteiger partial charge is 0.508 e. The molecular formula is C14H16N2O2. The highest BCUT2D eigenvalue weighted by Crippen LogP contribution is 2.31. The molecule has 0 amide bonds. The molecule has 1 aromatic heterocycles. The van der Waals surface area contributed by atoms with Crippen LogP contribution in [0, 0.1) is 0 Å². The van der Waals surface area contributed by atoms with Crippen LogP contribution < -0.4 is 4.74 Å². The maximum absolute atomic E-state index is 10.0. The molecule has 0 saturated heterocycles. The number of benzene rings is 1. The lowest BCUT2D eigenvalue weighted by Gasteiger charge is -2.10. The molecule has 1 N–H and O–H groups in total. The molecule has 0 unspecified atom stereocenters. The molecule has 1 aromatic carbocycles. The minimum atomic E-state index is -2.57. The molecular weight excluding hydrogens is 228 g/mol. The zero-order valence-electron chi connectivity index (χ0n) is 13.2. The molecule has 0 bridgehead atoms. The van der Waals surface area contributed by atoms with Crippen LogP contribution in [0.4, 0.5) is 0 Å². The molecule has 4 nitrogen and oxygen atoms in total. The number of phenols is 1. The third-order valence-electron chi connectivity index (χ3n) is 2.72. The van der Waals surface area contributed by atoms with Crippen LogP contribution >= 0.6 is 0 Å². The van der Waals surface area contributed by atoms with E-state index in [1.165, 1.54) is 12.3 Å². The second-order valence-electron chi connectivity index (χ2n) is 4.31. The Balaban J connectivity index is 2.34. The van der Waals surface area contributed by atoms with E-state index in [1.54, 1.807) is 6.07 Å². The van der Waals surface area contributed by atoms with Crippen molar-refractivity contribution in [3.63, 3.8) is 0 Å². The van der Waals surface area contributed by atoms with Gasteiger partial charge in [-0.2, -0.15) is 5.10 Å². The Morgan fingerprint density at radius 1 is 1.28 bits per heavy atom. The van der Waals surface area contributed by atoms with Crippen molar-refractivity contribution in [1.82, 2.24) is 10.2 Å². The normalized spacial score (nSPS) is 13.8. The van der Waals surface area contributed by atoms with Crippen molar-refractivity contribution in [3.05, 3.63) is 36.0 Å². The Kier molecular flexibility index (Phi) is 2.50. The van der Waals surface area contributed by atoms with Gasteiger partial charge in [-0.25, -0.2) is 0 Å². The van der Waals surface area contributed by atoms with Gasteiger partial charge < -0.3 is 9.84 Å². The van der Waals surface area contributed by atoms with E-state index in [4.69, 9.17) is 8.85 Å². The second kappa shape index (κ2) is 5.04. The third kappa shape index (κ3) is 2.42. The Hall–Kier alpha value is -2.10. The zero-order chi connectivity index (χ0) is 15.6. The summed E-state index contributed by atoms with van der Waals surface area (Å²) in [7, 11) is -2.57. The van der Waals surface area contributed by atoms with E-state index in [9.17, 15) is 5.11 Å². The highest BCUT2D eigenvalue weighted by Gasteiger charge is 2.08. The number of methoxy groups -OCH3 is 1. The van der Waals surface area contributed by atoms with Gasteiger partial charge in [-0.1, -0.05) is 26.0 Å². The van der Waals surface area contributed by atoms with Gasteiger partial charge in [-0.3, -0.25) is 0 Å². The average molecular weight is 247 g/mol. The summed E-state index contributed by atoms with van der Waals surface area (Å²) in [6.45, 7) is 3.98. The first kappa shape index (κ1) is 8.91. The van der Waals surface area contributed by atoms with Crippen LogP contribution in [0.2, 0.25) is 0 Å². The molecule has 0 aliphatic rings. The number of aromatic nitrogens is 2. The molecule has 4 heteroatoms. The molecule has 0 fully saturated rings. The van der Waals surface area contributed by atoms with Crippen LogP contribution in [0.5, 0.6) is 11.6 Å². The van der Waals surface area contributed by atoms with Gasteiger partial charge in [0.1, 0.15) is 5.75 Å². The van der Waals surface area contributed by atoms with Gasteiger partial charge in [0.25, 0.3) is 0 Å². The number of ether oxygens (including phenoxy) is 1. The lowest BCUT2D eigenvalue weighted by atomic mass is 9.98. The van der Waals surface area contributed by atoms with Gasteiger partial charge in [0.15, 0.2) is 0 Å². The first-order valence-corrected chi connectivity index (χ1v) is 5.61. The fourth-order valence-electron chi connectivity index (χ4n) is 1.77. The maximum atomic E-state index is 10.0. The van der Waals surface area contributed by atoms with Crippen molar-refractivity contribution in [3.8, 4) is 22.8 Å². The molecule has 0 aliphatic heterocycles. The summed E-state index contributed by atoms with van der Waals surface area (Å²) in [5, 5.41) is 17.4. The number of rotatable bonds is 3. The quantitative estimate of drug-likeness (QED) is 0.906. The topological polar surface area (TPSA) is 55.2 Å². The molecule has 2 rings (SSSR count). The summed E-state index contributed by atoms with van der Waals surface area (Å²) in [6, 6.07) is 6.76. The lowest BCUT2D eigenvalue weighted by Crippen LogP contribution is -1.92. The number of aromatic hydroxyl groups is 1. The minimum Gasteiger partial charge on any atom is -0.508 e. The molecule has 0 aliphatic carbocycles. The van der Waals surface area contributed by atoms with Crippen LogP contribution in [0.3, 0.4) is 0 Å².